The Labute approximate surface area is 143 Å². The van der Waals surface area contributed by atoms with Crippen molar-refractivity contribution < 1.29 is 9.59 Å². The predicted octanol–water partition coefficient (Wildman–Crippen LogP) is 2.42. The van der Waals surface area contributed by atoms with Crippen LogP contribution in [0.2, 0.25) is 0 Å². The van der Waals surface area contributed by atoms with Gasteiger partial charge in [0.15, 0.2) is 5.78 Å². The van der Waals surface area contributed by atoms with Gasteiger partial charge in [0.1, 0.15) is 0 Å². The van der Waals surface area contributed by atoms with E-state index in [9.17, 15) is 9.59 Å². The first-order chi connectivity index (χ1) is 11.4. The Balaban J connectivity index is 2.10. The number of nitrogens with one attached hydrogen (secondary N) is 3. The van der Waals surface area contributed by atoms with Crippen LogP contribution in [0.15, 0.2) is 30.5 Å². The normalized spacial score (nSPS) is 12.8. The minimum absolute atomic E-state index is 0.0405. The number of hydrogen-bond donors (Lipinski definition) is 3. The summed E-state index contributed by atoms with van der Waals surface area (Å²) < 4.78 is 0. The van der Waals surface area contributed by atoms with Crippen LogP contribution in [-0.4, -0.2) is 35.3 Å². The number of aromatic amines is 1. The first-order valence-electron chi connectivity index (χ1n) is 8.50. The molecule has 0 saturated carbocycles. The summed E-state index contributed by atoms with van der Waals surface area (Å²) in [6.45, 7) is 7.78. The minimum Gasteiger partial charge on any atom is -0.361 e. The molecule has 2 aromatic rings. The lowest BCUT2D eigenvalue weighted by atomic mass is 10.0. The number of carbonyl (C=O) groups is 2. The van der Waals surface area contributed by atoms with Crippen molar-refractivity contribution in [3.63, 3.8) is 0 Å². The highest BCUT2D eigenvalue weighted by atomic mass is 16.2. The van der Waals surface area contributed by atoms with Gasteiger partial charge in [-0.2, -0.15) is 0 Å². The molecule has 1 amide bonds. The van der Waals surface area contributed by atoms with Crippen molar-refractivity contribution in [1.82, 2.24) is 15.6 Å². The summed E-state index contributed by atoms with van der Waals surface area (Å²) in [4.78, 5) is 27.5. The first-order valence-corrected chi connectivity index (χ1v) is 8.50. The monoisotopic (exact) mass is 329 g/mol. The van der Waals surface area contributed by atoms with Crippen molar-refractivity contribution in [3.8, 4) is 0 Å². The maximum Gasteiger partial charge on any atom is 0.237 e. The lowest BCUT2D eigenvalue weighted by molar-refractivity contribution is -0.127. The second-order valence-corrected chi connectivity index (χ2v) is 6.78. The molecule has 1 aromatic carbocycles. The van der Waals surface area contributed by atoms with E-state index in [0.717, 1.165) is 16.5 Å². The Morgan fingerprint density at radius 2 is 1.83 bits per heavy atom. The Bertz CT molecular complexity index is 703. The molecule has 0 bridgehead atoms. The molecular weight excluding hydrogens is 302 g/mol. The van der Waals surface area contributed by atoms with Crippen molar-refractivity contribution in [1.29, 1.82) is 0 Å². The summed E-state index contributed by atoms with van der Waals surface area (Å²) in [5.41, 5.74) is 2.15. The summed E-state index contributed by atoms with van der Waals surface area (Å²) in [6.07, 6.45) is 2.52. The number of Topliss-reactive ketones (excluding diaryl/α,β-unsaturated/α-hetero) is 1. The largest absolute Gasteiger partial charge is 0.361 e. The number of carbonyl (C=O) groups excluding carboxylic acids is 2. The maximum absolute atomic E-state index is 12.5. The number of hydrogen-bond acceptors (Lipinski definition) is 3. The number of benzene rings is 1. The van der Waals surface area contributed by atoms with Gasteiger partial charge in [0.2, 0.25) is 5.91 Å². The minimum atomic E-state index is -0.371. The molecular formula is C19H27N3O2. The second kappa shape index (κ2) is 8.11. The summed E-state index contributed by atoms with van der Waals surface area (Å²) >= 11 is 0. The lowest BCUT2D eigenvalue weighted by Gasteiger charge is -2.20. The molecule has 0 aliphatic rings. The fourth-order valence-electron chi connectivity index (χ4n) is 2.65. The fourth-order valence-corrected chi connectivity index (χ4v) is 2.65. The maximum atomic E-state index is 12.5. The Morgan fingerprint density at radius 1 is 1.12 bits per heavy atom. The van der Waals surface area contributed by atoms with E-state index in [1.165, 1.54) is 0 Å². The third-order valence-electron chi connectivity index (χ3n) is 4.03. The number of rotatable bonds is 8. The summed E-state index contributed by atoms with van der Waals surface area (Å²) in [7, 11) is 0. The molecule has 1 atom stereocenters. The summed E-state index contributed by atoms with van der Waals surface area (Å²) in [5.74, 6) is -0.169. The average Bonchev–Trinajstić information content (AvgIpc) is 2.94. The SMILES string of the molecule is CC(C)NC(Cc1c[nH]c2ccccc12)C(=O)NCC(=O)C(C)C. The van der Waals surface area contributed by atoms with Gasteiger partial charge in [0, 0.05) is 29.1 Å². The van der Waals surface area contributed by atoms with Crippen LogP contribution in [-0.2, 0) is 16.0 Å². The second-order valence-electron chi connectivity index (χ2n) is 6.78. The molecule has 0 saturated heterocycles. The molecule has 1 unspecified atom stereocenters. The Hall–Kier alpha value is -2.14. The van der Waals surface area contributed by atoms with Crippen LogP contribution in [0, 0.1) is 5.92 Å². The highest BCUT2D eigenvalue weighted by molar-refractivity contribution is 5.90. The first kappa shape index (κ1) is 18.2. The highest BCUT2D eigenvalue weighted by Gasteiger charge is 2.22. The van der Waals surface area contributed by atoms with Crippen LogP contribution in [0.3, 0.4) is 0 Å². The molecule has 5 nitrogen and oxygen atoms in total. The van der Waals surface area contributed by atoms with E-state index < -0.39 is 0 Å². The van der Waals surface area contributed by atoms with Crippen LogP contribution in [0.4, 0.5) is 0 Å². The Morgan fingerprint density at radius 3 is 2.50 bits per heavy atom. The van der Waals surface area contributed by atoms with E-state index in [0.29, 0.717) is 6.42 Å². The molecule has 1 heterocycles. The summed E-state index contributed by atoms with van der Waals surface area (Å²) in [6, 6.07) is 7.84. The van der Waals surface area contributed by atoms with Gasteiger partial charge >= 0.3 is 0 Å². The highest BCUT2D eigenvalue weighted by Crippen LogP contribution is 2.19. The van der Waals surface area contributed by atoms with Gasteiger partial charge in [0.05, 0.1) is 12.6 Å². The number of para-hydroxylation sites is 1. The van der Waals surface area contributed by atoms with Gasteiger partial charge in [-0.05, 0) is 18.1 Å². The molecule has 5 heteroatoms. The average molecular weight is 329 g/mol. The molecule has 0 spiro atoms. The number of fused-ring (bicyclic) bond motifs is 1. The van der Waals surface area contributed by atoms with Crippen LogP contribution in [0.1, 0.15) is 33.3 Å². The zero-order valence-electron chi connectivity index (χ0n) is 14.8. The fraction of sp³-hybridized carbons (Fsp3) is 0.474. The van der Waals surface area contributed by atoms with E-state index in [2.05, 4.69) is 15.6 Å². The molecule has 0 aliphatic carbocycles. The quantitative estimate of drug-likeness (QED) is 0.696. The number of H-pyrrole nitrogens is 1. The molecule has 0 radical (unpaired) electrons. The van der Waals surface area contributed by atoms with Crippen LogP contribution < -0.4 is 10.6 Å². The van der Waals surface area contributed by atoms with Crippen molar-refractivity contribution in [2.75, 3.05) is 6.54 Å². The summed E-state index contributed by atoms with van der Waals surface area (Å²) in [5, 5.41) is 7.19. The van der Waals surface area contributed by atoms with Crippen molar-refractivity contribution >= 4 is 22.6 Å². The van der Waals surface area contributed by atoms with Crippen molar-refractivity contribution in [2.45, 2.75) is 46.2 Å². The molecule has 0 fully saturated rings. The molecule has 130 valence electrons. The smallest absolute Gasteiger partial charge is 0.237 e. The van der Waals surface area contributed by atoms with Crippen LogP contribution in [0.25, 0.3) is 10.9 Å². The Kier molecular flexibility index (Phi) is 6.15. The van der Waals surface area contributed by atoms with Gasteiger partial charge in [-0.15, -0.1) is 0 Å². The molecule has 0 aliphatic heterocycles. The third-order valence-corrected chi connectivity index (χ3v) is 4.03. The molecule has 3 N–H and O–H groups in total. The van der Waals surface area contributed by atoms with E-state index in [-0.39, 0.29) is 36.2 Å². The molecule has 2 rings (SSSR count). The van der Waals surface area contributed by atoms with E-state index in [1.807, 2.05) is 58.2 Å². The standard InChI is InChI=1S/C19H27N3O2/c1-12(2)18(23)11-21-19(24)17(22-13(3)4)9-14-10-20-16-8-6-5-7-15(14)16/h5-8,10,12-13,17,20,22H,9,11H2,1-4H3,(H,21,24). The van der Waals surface area contributed by atoms with Gasteiger partial charge in [-0.3, -0.25) is 9.59 Å². The van der Waals surface area contributed by atoms with E-state index in [1.54, 1.807) is 0 Å². The number of ketones is 1. The number of aromatic nitrogens is 1. The molecule has 1 aromatic heterocycles. The topological polar surface area (TPSA) is 74.0 Å². The zero-order chi connectivity index (χ0) is 17.7. The van der Waals surface area contributed by atoms with Crippen LogP contribution >= 0.6 is 0 Å². The lowest BCUT2D eigenvalue weighted by Crippen LogP contribution is -2.49. The van der Waals surface area contributed by atoms with Crippen molar-refractivity contribution in [3.05, 3.63) is 36.0 Å². The number of amides is 1. The third kappa shape index (κ3) is 4.68. The predicted molar refractivity (Wildman–Crippen MR) is 96.9 cm³/mol. The van der Waals surface area contributed by atoms with Crippen molar-refractivity contribution in [2.24, 2.45) is 5.92 Å². The zero-order valence-corrected chi connectivity index (χ0v) is 14.8. The van der Waals surface area contributed by atoms with E-state index in [4.69, 9.17) is 0 Å². The van der Waals surface area contributed by atoms with Gasteiger partial charge in [0.25, 0.3) is 0 Å². The molecule has 24 heavy (non-hydrogen) atoms. The van der Waals surface area contributed by atoms with E-state index >= 15 is 0 Å². The van der Waals surface area contributed by atoms with Gasteiger partial charge in [-0.25, -0.2) is 0 Å². The van der Waals surface area contributed by atoms with Gasteiger partial charge in [-0.1, -0.05) is 45.9 Å². The van der Waals surface area contributed by atoms with Crippen LogP contribution in [0.5, 0.6) is 0 Å². The van der Waals surface area contributed by atoms with Gasteiger partial charge < -0.3 is 15.6 Å².